The Balaban J connectivity index is 1.67. The van der Waals surface area contributed by atoms with Crippen molar-refractivity contribution in [2.24, 2.45) is 5.92 Å². The molecule has 30 heavy (non-hydrogen) atoms. The molecule has 2 heterocycles. The number of nitrogens with zero attached hydrogens (tertiary/aromatic N) is 3. The maximum Gasteiger partial charge on any atom is 0.269 e. The average Bonchev–Trinajstić information content (AvgIpc) is 2.76. The van der Waals surface area contributed by atoms with Gasteiger partial charge in [-0.25, -0.2) is 0 Å². The van der Waals surface area contributed by atoms with Gasteiger partial charge < -0.3 is 15.1 Å². The van der Waals surface area contributed by atoms with E-state index in [4.69, 9.17) is 0 Å². The average molecular weight is 406 g/mol. The molecule has 1 amide bonds. The van der Waals surface area contributed by atoms with Gasteiger partial charge in [0, 0.05) is 49.7 Å². The standard InChI is InChI=1S/C23H26N4O3/c1-3-10-24-23(28)20-14-17-13-19(27(29)30)8-9-21(17)26-12-11-25(15-22(20)26)18-6-4-16(2)5-7-18/h3-9,13,20,22H,1,10-12,14-15H2,2H3,(H,24,28)/t20-,22-/m0/s1. The first kappa shape index (κ1) is 19.9. The summed E-state index contributed by atoms with van der Waals surface area (Å²) in [6.45, 7) is 8.47. The number of amides is 1. The summed E-state index contributed by atoms with van der Waals surface area (Å²) in [6.07, 6.45) is 2.15. The van der Waals surface area contributed by atoms with E-state index in [0.29, 0.717) is 13.0 Å². The quantitative estimate of drug-likeness (QED) is 0.469. The summed E-state index contributed by atoms with van der Waals surface area (Å²) in [7, 11) is 0. The Kier molecular flexibility index (Phi) is 5.44. The largest absolute Gasteiger partial charge is 0.368 e. The van der Waals surface area contributed by atoms with Crippen molar-refractivity contribution >= 4 is 23.0 Å². The molecule has 2 atom stereocenters. The molecule has 156 valence electrons. The van der Waals surface area contributed by atoms with E-state index < -0.39 is 0 Å². The molecule has 4 rings (SSSR count). The van der Waals surface area contributed by atoms with Crippen molar-refractivity contribution in [3.05, 3.63) is 76.4 Å². The van der Waals surface area contributed by atoms with Crippen molar-refractivity contribution in [1.82, 2.24) is 5.32 Å². The van der Waals surface area contributed by atoms with Crippen LogP contribution in [0, 0.1) is 23.0 Å². The fourth-order valence-electron chi connectivity index (χ4n) is 4.52. The fourth-order valence-corrected chi connectivity index (χ4v) is 4.52. The molecular weight excluding hydrogens is 380 g/mol. The van der Waals surface area contributed by atoms with Gasteiger partial charge in [-0.3, -0.25) is 14.9 Å². The highest BCUT2D eigenvalue weighted by molar-refractivity contribution is 5.82. The molecule has 2 aliphatic heterocycles. The molecule has 0 aliphatic carbocycles. The van der Waals surface area contributed by atoms with Crippen LogP contribution in [0.3, 0.4) is 0 Å². The second-order valence-corrected chi connectivity index (χ2v) is 7.96. The summed E-state index contributed by atoms with van der Waals surface area (Å²) in [4.78, 5) is 28.4. The Morgan fingerprint density at radius 2 is 2.03 bits per heavy atom. The Labute approximate surface area is 176 Å². The Morgan fingerprint density at radius 1 is 1.27 bits per heavy atom. The summed E-state index contributed by atoms with van der Waals surface area (Å²) in [5.41, 5.74) is 4.30. The van der Waals surface area contributed by atoms with Crippen LogP contribution in [0.4, 0.5) is 17.1 Å². The van der Waals surface area contributed by atoms with Gasteiger partial charge in [-0.2, -0.15) is 0 Å². The number of nitro groups is 1. The number of rotatable bonds is 5. The van der Waals surface area contributed by atoms with Gasteiger partial charge in [-0.15, -0.1) is 6.58 Å². The first-order valence-corrected chi connectivity index (χ1v) is 10.2. The lowest BCUT2D eigenvalue weighted by atomic mass is 9.83. The SMILES string of the molecule is C=CCNC(=O)[C@H]1Cc2cc([N+](=O)[O-])ccc2N2CCN(c3ccc(C)cc3)C[C@@H]12. The molecule has 1 fully saturated rings. The predicted molar refractivity (Wildman–Crippen MR) is 118 cm³/mol. The third-order valence-corrected chi connectivity index (χ3v) is 6.06. The molecule has 0 spiro atoms. The van der Waals surface area contributed by atoms with Gasteiger partial charge >= 0.3 is 0 Å². The molecule has 1 N–H and O–H groups in total. The third kappa shape index (κ3) is 3.75. The van der Waals surface area contributed by atoms with Gasteiger partial charge in [-0.05, 0) is 37.1 Å². The zero-order valence-corrected chi connectivity index (χ0v) is 17.1. The number of piperazine rings is 1. The molecule has 0 aromatic heterocycles. The Morgan fingerprint density at radius 3 is 2.73 bits per heavy atom. The number of non-ortho nitro benzene ring substituents is 1. The molecule has 0 radical (unpaired) electrons. The van der Waals surface area contributed by atoms with Crippen LogP contribution >= 0.6 is 0 Å². The van der Waals surface area contributed by atoms with Gasteiger partial charge in [-0.1, -0.05) is 23.8 Å². The van der Waals surface area contributed by atoms with Crippen molar-refractivity contribution in [3.8, 4) is 0 Å². The van der Waals surface area contributed by atoms with E-state index in [1.54, 1.807) is 18.2 Å². The normalized spacial score (nSPS) is 20.2. The van der Waals surface area contributed by atoms with Crippen LogP contribution in [-0.2, 0) is 11.2 Å². The highest BCUT2D eigenvalue weighted by Gasteiger charge is 2.42. The van der Waals surface area contributed by atoms with Crippen LogP contribution in [0.15, 0.2) is 55.1 Å². The molecule has 7 heteroatoms. The van der Waals surface area contributed by atoms with Gasteiger partial charge in [0.1, 0.15) is 0 Å². The number of carbonyl (C=O) groups excluding carboxylic acids is 1. The number of aryl methyl sites for hydroxylation is 1. The number of hydrogen-bond donors (Lipinski definition) is 1. The van der Waals surface area contributed by atoms with E-state index in [9.17, 15) is 14.9 Å². The van der Waals surface area contributed by atoms with E-state index >= 15 is 0 Å². The minimum atomic E-state index is -0.380. The maximum atomic E-state index is 13.0. The van der Waals surface area contributed by atoms with Crippen molar-refractivity contribution in [3.63, 3.8) is 0 Å². The third-order valence-electron chi connectivity index (χ3n) is 6.06. The molecule has 2 aromatic rings. The first-order chi connectivity index (χ1) is 14.5. The van der Waals surface area contributed by atoms with Gasteiger partial charge in [0.05, 0.1) is 16.9 Å². The summed E-state index contributed by atoms with van der Waals surface area (Å²) >= 11 is 0. The van der Waals surface area contributed by atoms with Crippen LogP contribution in [-0.4, -0.2) is 43.1 Å². The molecule has 1 saturated heterocycles. The van der Waals surface area contributed by atoms with E-state index in [2.05, 4.69) is 52.9 Å². The zero-order valence-electron chi connectivity index (χ0n) is 17.1. The van der Waals surface area contributed by atoms with Crippen LogP contribution < -0.4 is 15.1 Å². The summed E-state index contributed by atoms with van der Waals surface area (Å²) < 4.78 is 0. The fraction of sp³-hybridized carbons (Fsp3) is 0.348. The topological polar surface area (TPSA) is 78.7 Å². The molecule has 7 nitrogen and oxygen atoms in total. The Bertz CT molecular complexity index is 973. The van der Waals surface area contributed by atoms with Crippen molar-refractivity contribution in [1.29, 1.82) is 0 Å². The molecule has 0 bridgehead atoms. The lowest BCUT2D eigenvalue weighted by Gasteiger charge is -2.49. The summed E-state index contributed by atoms with van der Waals surface area (Å²) in [5, 5.41) is 14.2. The first-order valence-electron chi connectivity index (χ1n) is 10.2. The van der Waals surface area contributed by atoms with E-state index in [0.717, 1.165) is 36.6 Å². The van der Waals surface area contributed by atoms with Gasteiger partial charge in [0.25, 0.3) is 5.69 Å². The minimum absolute atomic E-state index is 0.00109. The lowest BCUT2D eigenvalue weighted by Crippen LogP contribution is -2.61. The second-order valence-electron chi connectivity index (χ2n) is 7.96. The monoisotopic (exact) mass is 406 g/mol. The smallest absolute Gasteiger partial charge is 0.269 e. The zero-order chi connectivity index (χ0) is 21.3. The molecule has 2 aromatic carbocycles. The Hall–Kier alpha value is -3.35. The number of hydrogen-bond acceptors (Lipinski definition) is 5. The highest BCUT2D eigenvalue weighted by Crippen LogP contribution is 2.38. The molecular formula is C23H26N4O3. The van der Waals surface area contributed by atoms with E-state index in [1.165, 1.54) is 5.56 Å². The number of nitro benzene ring substituents is 1. The number of fused-ring (bicyclic) bond motifs is 3. The number of carbonyl (C=O) groups is 1. The summed E-state index contributed by atoms with van der Waals surface area (Å²) in [6, 6.07) is 13.5. The number of benzene rings is 2. The minimum Gasteiger partial charge on any atom is -0.368 e. The van der Waals surface area contributed by atoms with Crippen LogP contribution in [0.25, 0.3) is 0 Å². The van der Waals surface area contributed by atoms with E-state index in [1.807, 2.05) is 6.07 Å². The van der Waals surface area contributed by atoms with Gasteiger partial charge in [0.15, 0.2) is 0 Å². The van der Waals surface area contributed by atoms with Gasteiger partial charge in [0.2, 0.25) is 5.91 Å². The number of nitrogens with one attached hydrogen (secondary N) is 1. The van der Waals surface area contributed by atoms with Crippen molar-refractivity contribution in [2.45, 2.75) is 19.4 Å². The number of anilines is 2. The predicted octanol–water partition coefficient (Wildman–Crippen LogP) is 3.07. The second kappa shape index (κ2) is 8.18. The molecule has 0 saturated carbocycles. The van der Waals surface area contributed by atoms with Crippen molar-refractivity contribution in [2.75, 3.05) is 36.0 Å². The van der Waals surface area contributed by atoms with Crippen LogP contribution in [0.5, 0.6) is 0 Å². The van der Waals surface area contributed by atoms with Crippen molar-refractivity contribution < 1.29 is 9.72 Å². The molecule has 2 aliphatic rings. The maximum absolute atomic E-state index is 13.0. The highest BCUT2D eigenvalue weighted by atomic mass is 16.6. The van der Waals surface area contributed by atoms with E-state index in [-0.39, 0.29) is 28.5 Å². The van der Waals surface area contributed by atoms with Crippen LogP contribution in [0.1, 0.15) is 11.1 Å². The lowest BCUT2D eigenvalue weighted by molar-refractivity contribution is -0.384. The molecule has 0 unspecified atom stereocenters. The summed E-state index contributed by atoms with van der Waals surface area (Å²) in [5.74, 6) is -0.319. The van der Waals surface area contributed by atoms with Crippen LogP contribution in [0.2, 0.25) is 0 Å².